The molecule has 0 saturated carbocycles. The molecule has 0 aliphatic rings. The van der Waals surface area contributed by atoms with Gasteiger partial charge in [0, 0.05) is 16.6 Å². The Morgan fingerprint density at radius 2 is 2.11 bits per heavy atom. The molecule has 0 aliphatic heterocycles. The van der Waals surface area contributed by atoms with Gasteiger partial charge in [-0.1, -0.05) is 29.5 Å². The molecule has 0 fully saturated rings. The molecule has 28 heavy (non-hydrogen) atoms. The molecule has 2 N–H and O–H groups in total. The minimum Gasteiger partial charge on any atom is -0.342 e. The van der Waals surface area contributed by atoms with Crippen LogP contribution < -0.4 is 10.6 Å². The van der Waals surface area contributed by atoms with Crippen molar-refractivity contribution < 1.29 is 9.18 Å². The van der Waals surface area contributed by atoms with Crippen LogP contribution in [0.2, 0.25) is 5.02 Å². The third-order valence-corrected chi connectivity index (χ3v) is 4.01. The van der Waals surface area contributed by atoms with Crippen molar-refractivity contribution >= 4 is 39.9 Å². The lowest BCUT2D eigenvalue weighted by atomic mass is 10.1. The fraction of sp³-hybridized carbons (Fsp3) is 0.0952. The summed E-state index contributed by atoms with van der Waals surface area (Å²) in [5.41, 5.74) is 2.09. The van der Waals surface area contributed by atoms with Gasteiger partial charge in [0.05, 0.1) is 17.1 Å². The van der Waals surface area contributed by atoms with Crippen molar-refractivity contribution in [2.24, 2.45) is 0 Å². The molecule has 0 bridgehead atoms. The molecule has 3 rings (SSSR count). The number of halogens is 2. The number of fused-ring (bicyclic) bond motifs is 1. The van der Waals surface area contributed by atoms with E-state index in [1.165, 1.54) is 24.5 Å². The van der Waals surface area contributed by atoms with E-state index in [9.17, 15) is 9.18 Å². The predicted molar refractivity (Wildman–Crippen MR) is 109 cm³/mol. The largest absolute Gasteiger partial charge is 0.342 e. The Kier molecular flexibility index (Phi) is 6.20. The number of allylic oxidation sites excluding steroid dienone is 1. The number of carbonyl (C=O) groups is 1. The zero-order chi connectivity index (χ0) is 19.9. The molecule has 7 heteroatoms. The topological polar surface area (TPSA) is 66.9 Å². The second-order valence-corrected chi connectivity index (χ2v) is 6.13. The van der Waals surface area contributed by atoms with E-state index in [1.54, 1.807) is 19.1 Å². The molecule has 0 unspecified atom stereocenters. The van der Waals surface area contributed by atoms with E-state index in [2.05, 4.69) is 32.4 Å². The van der Waals surface area contributed by atoms with Crippen molar-refractivity contribution in [3.8, 4) is 11.8 Å². The monoisotopic (exact) mass is 394 g/mol. The summed E-state index contributed by atoms with van der Waals surface area (Å²) >= 11 is 5.84. The number of anilines is 2. The van der Waals surface area contributed by atoms with Crippen molar-refractivity contribution in [2.45, 2.75) is 6.92 Å². The lowest BCUT2D eigenvalue weighted by molar-refractivity contribution is -0.116. The Morgan fingerprint density at radius 3 is 2.89 bits per heavy atom. The van der Waals surface area contributed by atoms with Crippen LogP contribution in [-0.2, 0) is 4.79 Å². The number of carbonyl (C=O) groups excluding carboxylic acids is 1. The van der Waals surface area contributed by atoms with Crippen LogP contribution in [0.15, 0.2) is 54.9 Å². The molecular weight excluding hydrogens is 379 g/mol. The van der Waals surface area contributed by atoms with Crippen LogP contribution in [0.3, 0.4) is 0 Å². The van der Waals surface area contributed by atoms with Gasteiger partial charge >= 0.3 is 0 Å². The smallest absolute Gasteiger partial charge is 0.244 e. The number of amides is 1. The standard InChI is InChI=1S/C21H16ClFN4O/c1-2-4-20(28)24-10-3-5-14-6-9-19-16(11-14)21(26-13-25-19)27-15-7-8-18(23)17(22)12-15/h2,4,6-9,11-13H,10H2,1H3,(H,24,28)(H,25,26,27)/b4-2+. The first-order valence-electron chi connectivity index (χ1n) is 8.43. The van der Waals surface area contributed by atoms with Gasteiger partial charge in [-0.15, -0.1) is 0 Å². The fourth-order valence-electron chi connectivity index (χ4n) is 2.43. The molecule has 1 amide bonds. The van der Waals surface area contributed by atoms with Crippen molar-refractivity contribution in [1.29, 1.82) is 0 Å². The summed E-state index contributed by atoms with van der Waals surface area (Å²) in [7, 11) is 0. The summed E-state index contributed by atoms with van der Waals surface area (Å²) < 4.78 is 13.4. The lowest BCUT2D eigenvalue weighted by Crippen LogP contribution is -2.20. The fourth-order valence-corrected chi connectivity index (χ4v) is 2.61. The van der Waals surface area contributed by atoms with E-state index in [0.717, 1.165) is 16.5 Å². The Labute approximate surface area is 166 Å². The van der Waals surface area contributed by atoms with E-state index >= 15 is 0 Å². The maximum Gasteiger partial charge on any atom is 0.244 e. The van der Waals surface area contributed by atoms with Crippen LogP contribution >= 0.6 is 11.6 Å². The SMILES string of the molecule is C/C=C/C(=O)NCC#Cc1ccc2ncnc(Nc3ccc(F)c(Cl)c3)c2c1. The molecule has 3 aromatic rings. The quantitative estimate of drug-likeness (QED) is 0.514. The van der Waals surface area contributed by atoms with Crippen LogP contribution in [0.25, 0.3) is 10.9 Å². The van der Waals surface area contributed by atoms with Gasteiger partial charge in [0.2, 0.25) is 5.91 Å². The average Bonchev–Trinajstić information content (AvgIpc) is 2.69. The Hall–Kier alpha value is -3.43. The summed E-state index contributed by atoms with van der Waals surface area (Å²) in [6, 6.07) is 9.88. The molecule has 140 valence electrons. The zero-order valence-corrected chi connectivity index (χ0v) is 15.7. The van der Waals surface area contributed by atoms with Gasteiger partial charge in [-0.25, -0.2) is 14.4 Å². The highest BCUT2D eigenvalue weighted by molar-refractivity contribution is 6.31. The minimum absolute atomic E-state index is 0.0230. The normalized spacial score (nSPS) is 10.5. The molecule has 0 spiro atoms. The van der Waals surface area contributed by atoms with Gasteiger partial charge in [0.25, 0.3) is 0 Å². The first-order valence-corrected chi connectivity index (χ1v) is 8.81. The Bertz CT molecular complexity index is 1120. The van der Waals surface area contributed by atoms with Crippen LogP contribution in [0.5, 0.6) is 0 Å². The third kappa shape index (κ3) is 4.84. The maximum atomic E-state index is 13.4. The van der Waals surface area contributed by atoms with Crippen molar-refractivity contribution in [3.05, 3.63) is 71.3 Å². The Morgan fingerprint density at radius 1 is 1.25 bits per heavy atom. The average molecular weight is 395 g/mol. The van der Waals surface area contributed by atoms with Crippen LogP contribution in [0, 0.1) is 17.7 Å². The number of hydrogen-bond acceptors (Lipinski definition) is 4. The zero-order valence-electron chi connectivity index (χ0n) is 15.0. The number of nitrogens with one attached hydrogen (secondary N) is 2. The summed E-state index contributed by atoms with van der Waals surface area (Å²) in [5, 5.41) is 6.57. The van der Waals surface area contributed by atoms with E-state index < -0.39 is 5.82 Å². The molecule has 1 heterocycles. The molecule has 0 aliphatic carbocycles. The molecule has 5 nitrogen and oxygen atoms in total. The van der Waals surface area contributed by atoms with E-state index in [-0.39, 0.29) is 17.5 Å². The molecule has 0 radical (unpaired) electrons. The number of rotatable bonds is 4. The van der Waals surface area contributed by atoms with E-state index in [1.807, 2.05) is 18.2 Å². The number of aromatic nitrogens is 2. The molecule has 0 atom stereocenters. The first kappa shape index (κ1) is 19.3. The van der Waals surface area contributed by atoms with Crippen LogP contribution in [0.1, 0.15) is 12.5 Å². The predicted octanol–water partition coefficient (Wildman–Crippen LogP) is 4.21. The van der Waals surface area contributed by atoms with E-state index in [4.69, 9.17) is 11.6 Å². The number of benzene rings is 2. The molecule has 0 saturated heterocycles. The van der Waals surface area contributed by atoms with Crippen LogP contribution in [-0.4, -0.2) is 22.4 Å². The summed E-state index contributed by atoms with van der Waals surface area (Å²) in [5.74, 6) is 5.78. The highest BCUT2D eigenvalue weighted by atomic mass is 35.5. The van der Waals surface area contributed by atoms with Gasteiger partial charge < -0.3 is 10.6 Å². The minimum atomic E-state index is -0.487. The second kappa shape index (κ2) is 8.98. The van der Waals surface area contributed by atoms with Crippen molar-refractivity contribution in [1.82, 2.24) is 15.3 Å². The summed E-state index contributed by atoms with van der Waals surface area (Å²) in [4.78, 5) is 19.9. The number of hydrogen-bond donors (Lipinski definition) is 2. The number of nitrogens with zero attached hydrogens (tertiary/aromatic N) is 2. The van der Waals surface area contributed by atoms with Crippen LogP contribution in [0.4, 0.5) is 15.9 Å². The molecular formula is C21H16ClFN4O. The van der Waals surface area contributed by atoms with Gasteiger partial charge in [-0.05, 0) is 49.4 Å². The highest BCUT2D eigenvalue weighted by Gasteiger charge is 2.07. The lowest BCUT2D eigenvalue weighted by Gasteiger charge is -2.09. The molecule has 2 aromatic carbocycles. The summed E-state index contributed by atoms with van der Waals surface area (Å²) in [6.07, 6.45) is 4.54. The van der Waals surface area contributed by atoms with Crippen molar-refractivity contribution in [2.75, 3.05) is 11.9 Å². The van der Waals surface area contributed by atoms with Gasteiger partial charge in [0.15, 0.2) is 0 Å². The van der Waals surface area contributed by atoms with Crippen molar-refractivity contribution in [3.63, 3.8) is 0 Å². The molecule has 1 aromatic heterocycles. The summed E-state index contributed by atoms with van der Waals surface area (Å²) in [6.45, 7) is 2.01. The van der Waals surface area contributed by atoms with Gasteiger partial charge in [-0.3, -0.25) is 4.79 Å². The maximum absolute atomic E-state index is 13.4. The first-order chi connectivity index (χ1) is 13.6. The third-order valence-electron chi connectivity index (χ3n) is 3.72. The highest BCUT2D eigenvalue weighted by Crippen LogP contribution is 2.26. The van der Waals surface area contributed by atoms with Gasteiger partial charge in [-0.2, -0.15) is 0 Å². The Balaban J connectivity index is 1.83. The van der Waals surface area contributed by atoms with E-state index in [0.29, 0.717) is 11.5 Å². The second-order valence-electron chi connectivity index (χ2n) is 5.73. The van der Waals surface area contributed by atoms with Gasteiger partial charge in [0.1, 0.15) is 18.0 Å².